The molecule has 7 heteroatoms. The lowest BCUT2D eigenvalue weighted by Crippen LogP contribution is -2.54. The van der Waals surface area contributed by atoms with Crippen molar-refractivity contribution in [1.29, 1.82) is 0 Å². The Morgan fingerprint density at radius 3 is 2.43 bits per heavy atom. The summed E-state index contributed by atoms with van der Waals surface area (Å²) in [5, 5.41) is 15.5. The van der Waals surface area contributed by atoms with E-state index in [1.54, 1.807) is 0 Å². The molecular formula is C21H32ClNO4S. The van der Waals surface area contributed by atoms with Crippen LogP contribution in [0.1, 0.15) is 72.1 Å². The molecule has 0 heterocycles. The monoisotopic (exact) mass is 429 g/mol. The highest BCUT2D eigenvalue weighted by atomic mass is 35.5. The SMILES string of the molecule is C[C@]12CC/C(=N\OS(C)(=O)=O)C(Cl)=C1CC[C@@H]1[C@@H]2CC[C@@]2(C)[C@H]1CC[C@]2(C)O. The van der Waals surface area contributed by atoms with Crippen LogP contribution < -0.4 is 0 Å². The maximum absolute atomic E-state index is 11.3. The summed E-state index contributed by atoms with van der Waals surface area (Å²) in [6, 6.07) is 0. The van der Waals surface area contributed by atoms with Gasteiger partial charge in [0.25, 0.3) is 0 Å². The summed E-state index contributed by atoms with van der Waals surface area (Å²) in [4.78, 5) is 0. The molecule has 28 heavy (non-hydrogen) atoms. The van der Waals surface area contributed by atoms with Gasteiger partial charge in [0.1, 0.15) is 0 Å². The van der Waals surface area contributed by atoms with Gasteiger partial charge in [-0.25, -0.2) is 0 Å². The van der Waals surface area contributed by atoms with E-state index in [-0.39, 0.29) is 10.8 Å². The Hall–Kier alpha value is -0.590. The molecule has 158 valence electrons. The number of allylic oxidation sites excluding steroid dienone is 2. The molecular weight excluding hydrogens is 398 g/mol. The van der Waals surface area contributed by atoms with Gasteiger partial charge >= 0.3 is 10.1 Å². The van der Waals surface area contributed by atoms with Gasteiger partial charge in [0.05, 0.1) is 22.6 Å². The van der Waals surface area contributed by atoms with Crippen LogP contribution in [-0.2, 0) is 14.4 Å². The molecule has 0 radical (unpaired) electrons. The van der Waals surface area contributed by atoms with E-state index in [2.05, 4.69) is 23.3 Å². The first kappa shape index (κ1) is 20.7. The van der Waals surface area contributed by atoms with E-state index in [0.29, 0.717) is 34.9 Å². The van der Waals surface area contributed by atoms with Gasteiger partial charge in [-0.05, 0) is 92.4 Å². The highest BCUT2D eigenvalue weighted by molar-refractivity contribution is 7.85. The van der Waals surface area contributed by atoms with E-state index in [1.807, 2.05) is 6.92 Å². The fraction of sp³-hybridized carbons (Fsp3) is 0.857. The van der Waals surface area contributed by atoms with Crippen LogP contribution >= 0.6 is 11.6 Å². The molecule has 0 spiro atoms. The molecule has 0 aromatic carbocycles. The van der Waals surface area contributed by atoms with E-state index in [9.17, 15) is 13.5 Å². The second-order valence-corrected chi connectivity index (χ2v) is 12.1. The van der Waals surface area contributed by atoms with Crippen molar-refractivity contribution in [1.82, 2.24) is 0 Å². The molecule has 0 aromatic heterocycles. The summed E-state index contributed by atoms with van der Waals surface area (Å²) >= 11 is 6.72. The fourth-order valence-electron chi connectivity index (χ4n) is 7.10. The minimum atomic E-state index is -3.63. The standard InChI is InChI=1S/C21H32ClNO4S/c1-19-10-9-17(23-27-28(4,25)26)18(22)16(19)6-5-13-14(19)7-11-20(2)15(13)8-12-21(20,3)24/h13-15,24H,5-12H2,1-4H3/b23-17+/t13-,14+,15+,19-,20+,21+/m1/s1. The van der Waals surface area contributed by atoms with Gasteiger partial charge in [-0.1, -0.05) is 30.6 Å². The van der Waals surface area contributed by atoms with Gasteiger partial charge < -0.3 is 5.11 Å². The van der Waals surface area contributed by atoms with E-state index in [4.69, 9.17) is 11.6 Å². The number of fused-ring (bicyclic) bond motifs is 5. The molecule has 0 amide bonds. The molecule has 6 atom stereocenters. The third-order valence-corrected chi connectivity index (χ3v) is 9.71. The zero-order valence-corrected chi connectivity index (χ0v) is 18.9. The second kappa shape index (κ2) is 6.45. The average molecular weight is 430 g/mol. The van der Waals surface area contributed by atoms with Gasteiger partial charge in [0.15, 0.2) is 0 Å². The van der Waals surface area contributed by atoms with Crippen molar-refractivity contribution in [3.8, 4) is 0 Å². The van der Waals surface area contributed by atoms with Crippen molar-refractivity contribution in [2.45, 2.75) is 77.7 Å². The summed E-state index contributed by atoms with van der Waals surface area (Å²) in [5.41, 5.74) is 1.26. The number of hydrogen-bond acceptors (Lipinski definition) is 5. The third kappa shape index (κ3) is 2.97. The average Bonchev–Trinajstić information content (AvgIpc) is 2.83. The van der Waals surface area contributed by atoms with E-state index in [1.165, 1.54) is 5.57 Å². The van der Waals surface area contributed by atoms with Crippen LogP contribution in [0.5, 0.6) is 0 Å². The predicted octanol–water partition coefficient (Wildman–Crippen LogP) is 4.60. The predicted molar refractivity (Wildman–Crippen MR) is 110 cm³/mol. The van der Waals surface area contributed by atoms with Crippen LogP contribution in [0.2, 0.25) is 0 Å². The normalized spacial score (nSPS) is 47.5. The molecule has 3 fully saturated rings. The van der Waals surface area contributed by atoms with Crippen molar-refractivity contribution in [3.05, 3.63) is 10.6 Å². The number of oxime groups is 1. The van der Waals surface area contributed by atoms with Crippen molar-refractivity contribution in [2.24, 2.45) is 33.7 Å². The van der Waals surface area contributed by atoms with E-state index in [0.717, 1.165) is 51.2 Å². The Bertz CT molecular complexity index is 848. The van der Waals surface area contributed by atoms with Gasteiger partial charge in [0, 0.05) is 0 Å². The molecule has 4 aliphatic rings. The number of aliphatic hydroxyl groups is 1. The molecule has 0 saturated heterocycles. The first-order valence-corrected chi connectivity index (χ1v) is 12.7. The number of rotatable bonds is 2. The first-order chi connectivity index (χ1) is 12.9. The Labute approximate surface area is 173 Å². The minimum Gasteiger partial charge on any atom is -0.390 e. The van der Waals surface area contributed by atoms with Crippen LogP contribution in [0.25, 0.3) is 0 Å². The molecule has 0 bridgehead atoms. The highest BCUT2D eigenvalue weighted by Gasteiger charge is 2.62. The Kier molecular flexibility index (Phi) is 4.76. The maximum Gasteiger partial charge on any atom is 0.325 e. The van der Waals surface area contributed by atoms with Gasteiger partial charge in [-0.15, -0.1) is 0 Å². The van der Waals surface area contributed by atoms with Crippen molar-refractivity contribution in [3.63, 3.8) is 0 Å². The molecule has 4 aliphatic carbocycles. The van der Waals surface area contributed by atoms with E-state index >= 15 is 0 Å². The van der Waals surface area contributed by atoms with Crippen molar-refractivity contribution < 1.29 is 17.8 Å². The molecule has 0 aromatic rings. The number of hydrogen-bond donors (Lipinski definition) is 1. The van der Waals surface area contributed by atoms with E-state index < -0.39 is 15.7 Å². The van der Waals surface area contributed by atoms with Gasteiger partial charge in [-0.3, -0.25) is 4.28 Å². The molecule has 0 aliphatic heterocycles. The minimum absolute atomic E-state index is 0.0140. The smallest absolute Gasteiger partial charge is 0.325 e. The van der Waals surface area contributed by atoms with Crippen LogP contribution in [0.4, 0.5) is 0 Å². The third-order valence-electron chi connectivity index (χ3n) is 8.92. The van der Waals surface area contributed by atoms with Crippen molar-refractivity contribution in [2.75, 3.05) is 6.26 Å². The quantitative estimate of drug-likeness (QED) is 0.651. The Morgan fingerprint density at radius 2 is 1.75 bits per heavy atom. The van der Waals surface area contributed by atoms with Crippen LogP contribution in [0.3, 0.4) is 0 Å². The largest absolute Gasteiger partial charge is 0.390 e. The summed E-state index contributed by atoms with van der Waals surface area (Å²) in [5.74, 6) is 1.76. The lowest BCUT2D eigenvalue weighted by atomic mass is 9.46. The Morgan fingerprint density at radius 1 is 1.07 bits per heavy atom. The number of nitrogens with zero attached hydrogens (tertiary/aromatic N) is 1. The molecule has 4 rings (SSSR count). The lowest BCUT2D eigenvalue weighted by Gasteiger charge is -2.59. The molecule has 3 saturated carbocycles. The van der Waals surface area contributed by atoms with Gasteiger partial charge in [0.2, 0.25) is 0 Å². The number of halogens is 1. The summed E-state index contributed by atoms with van der Waals surface area (Å²) in [6.07, 6.45) is 8.74. The first-order valence-electron chi connectivity index (χ1n) is 10.5. The highest BCUT2D eigenvalue weighted by Crippen LogP contribution is 2.67. The summed E-state index contributed by atoms with van der Waals surface area (Å²) < 4.78 is 27.3. The topological polar surface area (TPSA) is 76.0 Å². The fourth-order valence-corrected chi connectivity index (χ4v) is 7.77. The molecule has 5 nitrogen and oxygen atoms in total. The van der Waals surface area contributed by atoms with Crippen LogP contribution in [0.15, 0.2) is 15.8 Å². The van der Waals surface area contributed by atoms with Crippen molar-refractivity contribution >= 4 is 27.4 Å². The molecule has 1 N–H and O–H groups in total. The van der Waals surface area contributed by atoms with Crippen LogP contribution in [-0.4, -0.2) is 31.1 Å². The Balaban J connectivity index is 1.65. The zero-order chi connectivity index (χ0) is 20.5. The summed E-state index contributed by atoms with van der Waals surface area (Å²) in [6.45, 7) is 6.67. The summed E-state index contributed by atoms with van der Waals surface area (Å²) in [7, 11) is -3.63. The molecule has 0 unspecified atom stereocenters. The van der Waals surface area contributed by atoms with Crippen LogP contribution in [0, 0.1) is 28.6 Å². The zero-order valence-electron chi connectivity index (χ0n) is 17.3. The van der Waals surface area contributed by atoms with Gasteiger partial charge in [-0.2, -0.15) is 8.42 Å². The maximum atomic E-state index is 11.3. The lowest BCUT2D eigenvalue weighted by molar-refractivity contribution is -0.117. The second-order valence-electron chi connectivity index (χ2n) is 10.2.